The largest absolute Gasteiger partial charge is 0.487 e. The van der Waals surface area contributed by atoms with Crippen molar-refractivity contribution in [3.63, 3.8) is 0 Å². The Morgan fingerprint density at radius 1 is 1.37 bits per heavy atom. The summed E-state index contributed by atoms with van der Waals surface area (Å²) in [6, 6.07) is 6.00. The van der Waals surface area contributed by atoms with Gasteiger partial charge < -0.3 is 15.0 Å². The lowest BCUT2D eigenvalue weighted by Gasteiger charge is -2.30. The van der Waals surface area contributed by atoms with E-state index < -0.39 is 16.2 Å². The van der Waals surface area contributed by atoms with E-state index in [-0.39, 0.29) is 17.4 Å². The molecule has 1 aromatic heterocycles. The molecule has 27 heavy (non-hydrogen) atoms. The number of amides is 1. The maximum atomic E-state index is 12.6. The quantitative estimate of drug-likeness (QED) is 0.688. The zero-order valence-corrected chi connectivity index (χ0v) is 17.6. The van der Waals surface area contributed by atoms with Crippen molar-refractivity contribution in [3.8, 4) is 5.75 Å². The lowest BCUT2D eigenvalue weighted by molar-refractivity contribution is 0.0933. The van der Waals surface area contributed by atoms with Crippen LogP contribution >= 0.6 is 27.3 Å². The number of benzene rings is 1. The average Bonchev–Trinajstić information content (AvgIpc) is 2.91. The number of thiophene rings is 1. The number of carbonyl (C=O) groups is 1. The number of hydrogen-bond donors (Lipinski definition) is 1. The van der Waals surface area contributed by atoms with Crippen molar-refractivity contribution in [2.75, 3.05) is 31.2 Å². The van der Waals surface area contributed by atoms with Crippen molar-refractivity contribution < 1.29 is 22.1 Å². The van der Waals surface area contributed by atoms with Crippen LogP contribution in [0.4, 0.5) is 5.69 Å². The third kappa shape index (κ3) is 3.58. The number of rotatable bonds is 4. The molecule has 2 aliphatic heterocycles. The molecule has 2 aromatic rings. The van der Waals surface area contributed by atoms with Crippen molar-refractivity contribution in [2.45, 2.75) is 17.9 Å². The van der Waals surface area contributed by atoms with Crippen LogP contribution in [0.25, 0.3) is 0 Å². The Bertz CT molecular complexity index is 987. The Morgan fingerprint density at radius 3 is 2.85 bits per heavy atom. The summed E-state index contributed by atoms with van der Waals surface area (Å²) in [4.78, 5) is 15.3. The van der Waals surface area contributed by atoms with Gasteiger partial charge in [-0.15, -0.1) is 11.3 Å². The van der Waals surface area contributed by atoms with Gasteiger partial charge in [-0.1, -0.05) is 17.7 Å². The Balaban J connectivity index is 1.51. The number of carbonyl (C=O) groups excluding carboxylic acids is 1. The molecule has 10 heteroatoms. The number of anilines is 1. The second-order valence-corrected chi connectivity index (χ2v) is 10.4. The Labute approximate surface area is 169 Å². The van der Waals surface area contributed by atoms with Crippen LogP contribution in [-0.4, -0.2) is 46.7 Å². The lowest BCUT2D eigenvalue weighted by Crippen LogP contribution is -2.45. The van der Waals surface area contributed by atoms with E-state index in [4.69, 9.17) is 8.92 Å². The van der Waals surface area contributed by atoms with E-state index in [2.05, 4.69) is 21.2 Å². The van der Waals surface area contributed by atoms with Crippen molar-refractivity contribution in [1.29, 1.82) is 0 Å². The minimum Gasteiger partial charge on any atom is -0.487 e. The predicted octanol–water partition coefficient (Wildman–Crippen LogP) is 2.54. The van der Waals surface area contributed by atoms with E-state index in [9.17, 15) is 13.2 Å². The van der Waals surface area contributed by atoms with Gasteiger partial charge in [-0.2, -0.15) is 8.42 Å². The van der Waals surface area contributed by atoms with Gasteiger partial charge in [-0.25, -0.2) is 0 Å². The highest BCUT2D eigenvalue weighted by atomic mass is 79.9. The molecule has 1 N–H and O–H groups in total. The molecule has 0 fully saturated rings. The molecule has 0 unspecified atom stereocenters. The molecule has 1 atom stereocenters. The van der Waals surface area contributed by atoms with E-state index in [1.807, 2.05) is 11.8 Å². The van der Waals surface area contributed by atoms with Gasteiger partial charge in [-0.3, -0.25) is 8.98 Å². The zero-order chi connectivity index (χ0) is 19.2. The number of aryl methyl sites for hydroxylation is 1. The fourth-order valence-electron chi connectivity index (χ4n) is 3.10. The molecule has 0 bridgehead atoms. The summed E-state index contributed by atoms with van der Waals surface area (Å²) >= 11 is 4.75. The van der Waals surface area contributed by atoms with Gasteiger partial charge in [0.1, 0.15) is 21.0 Å². The van der Waals surface area contributed by atoms with Crippen molar-refractivity contribution in [3.05, 3.63) is 38.5 Å². The topological polar surface area (TPSA) is 84.9 Å². The molecule has 144 valence electrons. The molecule has 3 heterocycles. The van der Waals surface area contributed by atoms with E-state index in [1.165, 1.54) is 23.5 Å². The van der Waals surface area contributed by atoms with Crippen LogP contribution in [0, 0.1) is 6.92 Å². The van der Waals surface area contributed by atoms with Gasteiger partial charge in [0.15, 0.2) is 5.75 Å². The fraction of sp³-hybridized carbons (Fsp3) is 0.353. The first-order valence-corrected chi connectivity index (χ1v) is 11.3. The first-order chi connectivity index (χ1) is 12.8. The summed E-state index contributed by atoms with van der Waals surface area (Å²) in [5, 5.41) is 2.86. The highest BCUT2D eigenvalue weighted by Gasteiger charge is 2.35. The van der Waals surface area contributed by atoms with Gasteiger partial charge in [-0.05, 0) is 35.0 Å². The molecule has 0 aliphatic carbocycles. The van der Waals surface area contributed by atoms with Crippen LogP contribution in [-0.2, 0) is 14.3 Å². The summed E-state index contributed by atoms with van der Waals surface area (Å²) < 4.78 is 36.5. The summed E-state index contributed by atoms with van der Waals surface area (Å²) in [5.41, 5.74) is 1.73. The molecule has 0 radical (unpaired) electrons. The Hall–Kier alpha value is -1.62. The molecule has 7 nitrogen and oxygen atoms in total. The highest BCUT2D eigenvalue weighted by molar-refractivity contribution is 9.11. The summed E-state index contributed by atoms with van der Waals surface area (Å²) in [6.45, 7) is 3.32. The van der Waals surface area contributed by atoms with E-state index in [1.54, 1.807) is 12.1 Å². The maximum absolute atomic E-state index is 12.6. The first kappa shape index (κ1) is 18.7. The van der Waals surface area contributed by atoms with Gasteiger partial charge in [0.25, 0.3) is 16.0 Å². The Kier molecular flexibility index (Phi) is 4.91. The number of nitrogens with one attached hydrogen (secondary N) is 1. The zero-order valence-electron chi connectivity index (χ0n) is 14.4. The molecule has 0 saturated heterocycles. The minimum atomic E-state index is -3.88. The second kappa shape index (κ2) is 7.08. The van der Waals surface area contributed by atoms with E-state index in [0.29, 0.717) is 30.3 Å². The molecular formula is C17H17BrN2O5S2. The van der Waals surface area contributed by atoms with Crippen molar-refractivity contribution >= 4 is 49.0 Å². The smallest absolute Gasteiger partial charge is 0.297 e. The van der Waals surface area contributed by atoms with Crippen LogP contribution in [0.1, 0.15) is 15.2 Å². The van der Waals surface area contributed by atoms with Gasteiger partial charge in [0.05, 0.1) is 24.1 Å². The van der Waals surface area contributed by atoms with Crippen LogP contribution < -0.4 is 15.0 Å². The van der Waals surface area contributed by atoms with Crippen LogP contribution in [0.3, 0.4) is 0 Å². The van der Waals surface area contributed by atoms with E-state index in [0.717, 1.165) is 15.0 Å². The average molecular weight is 473 g/mol. The number of ether oxygens (including phenoxy) is 1. The standard InChI is InChI=1S/C17H17BrN2O5S2/c1-10-2-4-12(5-3-10)27(22,23)25-9-11-8-20-6-7-24-14-13(20)15(17(21)19-11)26-16(14)18/h2-5,11H,6-9H2,1H3,(H,19,21)/t11-/m1/s1. The van der Waals surface area contributed by atoms with E-state index >= 15 is 0 Å². The van der Waals surface area contributed by atoms with Crippen molar-refractivity contribution in [2.24, 2.45) is 0 Å². The summed E-state index contributed by atoms with van der Waals surface area (Å²) in [7, 11) is -3.88. The van der Waals surface area contributed by atoms with Gasteiger partial charge in [0.2, 0.25) is 0 Å². The van der Waals surface area contributed by atoms with Crippen molar-refractivity contribution in [1.82, 2.24) is 5.32 Å². The normalized spacial score (nSPS) is 19.1. The summed E-state index contributed by atoms with van der Waals surface area (Å²) in [5.74, 6) is 0.418. The first-order valence-electron chi connectivity index (χ1n) is 8.32. The molecule has 2 aliphatic rings. The fourth-order valence-corrected chi connectivity index (χ4v) is 5.74. The third-order valence-corrected chi connectivity index (χ3v) is 7.53. The van der Waals surface area contributed by atoms with Crippen LogP contribution in [0.5, 0.6) is 5.75 Å². The molecule has 4 rings (SSSR count). The number of halogens is 1. The molecule has 0 spiro atoms. The van der Waals surface area contributed by atoms with Gasteiger partial charge in [0, 0.05) is 6.54 Å². The Morgan fingerprint density at radius 2 is 2.11 bits per heavy atom. The SMILES string of the molecule is Cc1ccc(S(=O)(=O)OC[C@H]2CN3CCOc4c(Br)sc(c43)C(=O)N2)cc1. The minimum absolute atomic E-state index is 0.102. The number of nitrogens with zero attached hydrogens (tertiary/aromatic N) is 1. The lowest BCUT2D eigenvalue weighted by atomic mass is 10.2. The second-order valence-electron chi connectivity index (χ2n) is 6.40. The molecule has 1 aromatic carbocycles. The van der Waals surface area contributed by atoms with Gasteiger partial charge >= 0.3 is 0 Å². The third-order valence-electron chi connectivity index (χ3n) is 4.44. The summed E-state index contributed by atoms with van der Waals surface area (Å²) in [6.07, 6.45) is 0. The monoisotopic (exact) mass is 472 g/mol. The molecule has 1 amide bonds. The number of hydrogen-bond acceptors (Lipinski definition) is 7. The highest BCUT2D eigenvalue weighted by Crippen LogP contribution is 2.48. The maximum Gasteiger partial charge on any atom is 0.297 e. The van der Waals surface area contributed by atoms with Crippen LogP contribution in [0.2, 0.25) is 0 Å². The molecule has 0 saturated carbocycles. The van der Waals surface area contributed by atoms with Crippen LogP contribution in [0.15, 0.2) is 32.9 Å². The predicted molar refractivity (Wildman–Crippen MR) is 105 cm³/mol. The molecular weight excluding hydrogens is 456 g/mol.